The number of carbonyl (C=O) groups excluding carboxylic acids is 1. The predicted octanol–water partition coefficient (Wildman–Crippen LogP) is 1.52. The summed E-state index contributed by atoms with van der Waals surface area (Å²) >= 11 is 0. The lowest BCUT2D eigenvalue weighted by molar-refractivity contribution is 0.102. The van der Waals surface area contributed by atoms with Crippen LogP contribution in [0.15, 0.2) is 41.2 Å². The Labute approximate surface area is 104 Å². The summed E-state index contributed by atoms with van der Waals surface area (Å²) in [5, 5.41) is 2.69. The molecule has 0 spiro atoms. The molecule has 0 aliphatic rings. The summed E-state index contributed by atoms with van der Waals surface area (Å²) in [6, 6.07) is 9.76. The fraction of sp³-hybridized carbons (Fsp3) is 0.0769. The number of aromatic nitrogens is 1. The van der Waals surface area contributed by atoms with Gasteiger partial charge in [-0.05, 0) is 24.6 Å². The van der Waals surface area contributed by atoms with E-state index >= 15 is 0 Å². The Kier molecular flexibility index (Phi) is 3.14. The van der Waals surface area contributed by atoms with Crippen molar-refractivity contribution in [2.75, 3.05) is 11.1 Å². The normalized spacial score (nSPS) is 10.1. The molecule has 0 unspecified atom stereocenters. The maximum absolute atomic E-state index is 11.9. The van der Waals surface area contributed by atoms with Crippen molar-refractivity contribution in [1.82, 2.24) is 4.98 Å². The van der Waals surface area contributed by atoms with Crippen LogP contribution in [0.25, 0.3) is 0 Å². The number of carbonyl (C=O) groups is 1. The summed E-state index contributed by atoms with van der Waals surface area (Å²) in [6.45, 7) is 1.85. The molecule has 0 fully saturated rings. The monoisotopic (exact) mass is 243 g/mol. The molecule has 2 aromatic rings. The first-order valence-electron chi connectivity index (χ1n) is 5.43. The molecule has 92 valence electrons. The second-order valence-electron chi connectivity index (χ2n) is 3.92. The molecule has 0 saturated heterocycles. The average Bonchev–Trinajstić information content (AvgIpc) is 2.34. The van der Waals surface area contributed by atoms with Crippen LogP contribution in [0.1, 0.15) is 16.1 Å². The van der Waals surface area contributed by atoms with Crippen molar-refractivity contribution in [2.45, 2.75) is 6.92 Å². The van der Waals surface area contributed by atoms with Crippen LogP contribution < -0.4 is 16.6 Å². The molecule has 0 bridgehead atoms. The minimum Gasteiger partial charge on any atom is -0.397 e. The first kappa shape index (κ1) is 11.9. The number of pyridine rings is 1. The van der Waals surface area contributed by atoms with Gasteiger partial charge in [-0.1, -0.05) is 18.2 Å². The molecule has 4 N–H and O–H groups in total. The summed E-state index contributed by atoms with van der Waals surface area (Å²) in [5.41, 5.74) is 7.58. The number of anilines is 2. The highest BCUT2D eigenvalue weighted by Crippen LogP contribution is 2.22. The van der Waals surface area contributed by atoms with E-state index in [4.69, 9.17) is 5.73 Å². The molecule has 0 atom stereocenters. The van der Waals surface area contributed by atoms with Gasteiger partial charge in [0.15, 0.2) is 0 Å². The number of nitrogen functional groups attached to an aromatic ring is 1. The van der Waals surface area contributed by atoms with Crippen molar-refractivity contribution < 1.29 is 4.79 Å². The van der Waals surface area contributed by atoms with E-state index in [9.17, 15) is 9.59 Å². The van der Waals surface area contributed by atoms with Gasteiger partial charge in [0.1, 0.15) is 5.69 Å². The van der Waals surface area contributed by atoms with Gasteiger partial charge in [0.2, 0.25) is 5.56 Å². The lowest BCUT2D eigenvalue weighted by atomic mass is 10.1. The van der Waals surface area contributed by atoms with Crippen molar-refractivity contribution in [1.29, 1.82) is 0 Å². The molecule has 1 heterocycles. The molecule has 18 heavy (non-hydrogen) atoms. The van der Waals surface area contributed by atoms with Gasteiger partial charge in [-0.3, -0.25) is 9.59 Å². The van der Waals surface area contributed by atoms with E-state index in [1.807, 2.05) is 19.1 Å². The standard InChI is InChI=1S/C13H13N3O2/c1-8-4-2-5-9(14)12(8)16-13(18)10-6-3-7-11(17)15-10/h2-7H,14H2,1H3,(H,15,17)(H,16,18). The fourth-order valence-corrected chi connectivity index (χ4v) is 1.62. The van der Waals surface area contributed by atoms with E-state index in [1.54, 1.807) is 6.07 Å². The molecule has 5 heteroatoms. The number of aromatic amines is 1. The van der Waals surface area contributed by atoms with E-state index < -0.39 is 5.91 Å². The predicted molar refractivity (Wildman–Crippen MR) is 70.6 cm³/mol. The molecule has 2 rings (SSSR count). The van der Waals surface area contributed by atoms with E-state index in [-0.39, 0.29) is 11.3 Å². The van der Waals surface area contributed by atoms with Crippen molar-refractivity contribution >= 4 is 17.3 Å². The first-order valence-corrected chi connectivity index (χ1v) is 5.43. The molecule has 1 aromatic carbocycles. The molecule has 5 nitrogen and oxygen atoms in total. The zero-order valence-electron chi connectivity index (χ0n) is 9.86. The van der Waals surface area contributed by atoms with Crippen LogP contribution in [0.5, 0.6) is 0 Å². The van der Waals surface area contributed by atoms with Gasteiger partial charge in [-0.2, -0.15) is 0 Å². The van der Waals surface area contributed by atoms with Crippen molar-refractivity contribution in [3.05, 3.63) is 58.0 Å². The van der Waals surface area contributed by atoms with Crippen LogP contribution in [0.4, 0.5) is 11.4 Å². The fourth-order valence-electron chi connectivity index (χ4n) is 1.62. The number of para-hydroxylation sites is 1. The van der Waals surface area contributed by atoms with Gasteiger partial charge in [0.25, 0.3) is 5.91 Å². The number of rotatable bonds is 2. The number of nitrogens with one attached hydrogen (secondary N) is 2. The molecule has 0 radical (unpaired) electrons. The molecule has 1 amide bonds. The molecule has 1 aromatic heterocycles. The van der Waals surface area contributed by atoms with Crippen LogP contribution in [-0.4, -0.2) is 10.9 Å². The molecular weight excluding hydrogens is 230 g/mol. The average molecular weight is 243 g/mol. The molecule has 0 aliphatic carbocycles. The smallest absolute Gasteiger partial charge is 0.272 e. The van der Waals surface area contributed by atoms with Gasteiger partial charge < -0.3 is 16.0 Å². The topological polar surface area (TPSA) is 88.0 Å². The van der Waals surface area contributed by atoms with Gasteiger partial charge in [-0.15, -0.1) is 0 Å². The highest BCUT2D eigenvalue weighted by Gasteiger charge is 2.10. The largest absolute Gasteiger partial charge is 0.397 e. The molecule has 0 saturated carbocycles. The number of benzene rings is 1. The maximum atomic E-state index is 11.9. The number of aryl methyl sites for hydroxylation is 1. The second-order valence-corrected chi connectivity index (χ2v) is 3.92. The summed E-state index contributed by atoms with van der Waals surface area (Å²) < 4.78 is 0. The lowest BCUT2D eigenvalue weighted by Gasteiger charge is -2.10. The van der Waals surface area contributed by atoms with Crippen molar-refractivity contribution in [3.63, 3.8) is 0 Å². The number of amides is 1. The summed E-state index contributed by atoms with van der Waals surface area (Å²) in [5.74, 6) is -0.395. The summed E-state index contributed by atoms with van der Waals surface area (Å²) in [4.78, 5) is 25.5. The van der Waals surface area contributed by atoms with E-state index in [0.29, 0.717) is 11.4 Å². The second kappa shape index (κ2) is 4.75. The zero-order valence-corrected chi connectivity index (χ0v) is 9.86. The number of nitrogens with two attached hydrogens (primary N) is 1. The minimum absolute atomic E-state index is 0.199. The van der Waals surface area contributed by atoms with Crippen molar-refractivity contribution in [2.24, 2.45) is 0 Å². The van der Waals surface area contributed by atoms with Gasteiger partial charge in [-0.25, -0.2) is 0 Å². The quantitative estimate of drug-likeness (QED) is 0.699. The Morgan fingerprint density at radius 2 is 1.94 bits per heavy atom. The van der Waals surface area contributed by atoms with E-state index in [1.165, 1.54) is 18.2 Å². The Morgan fingerprint density at radius 1 is 1.22 bits per heavy atom. The highest BCUT2D eigenvalue weighted by molar-refractivity contribution is 6.04. The van der Waals surface area contributed by atoms with Crippen LogP contribution in [0, 0.1) is 6.92 Å². The van der Waals surface area contributed by atoms with Crippen LogP contribution in [0.3, 0.4) is 0 Å². The van der Waals surface area contributed by atoms with E-state index in [0.717, 1.165) is 5.56 Å². The maximum Gasteiger partial charge on any atom is 0.272 e. The van der Waals surface area contributed by atoms with Crippen LogP contribution in [0.2, 0.25) is 0 Å². The number of hydrogen-bond acceptors (Lipinski definition) is 3. The van der Waals surface area contributed by atoms with Gasteiger partial charge in [0.05, 0.1) is 11.4 Å². The Balaban J connectivity index is 2.30. The Hall–Kier alpha value is -2.56. The molecular formula is C13H13N3O2. The minimum atomic E-state index is -0.395. The number of H-pyrrole nitrogens is 1. The third kappa shape index (κ3) is 2.40. The van der Waals surface area contributed by atoms with E-state index in [2.05, 4.69) is 10.3 Å². The SMILES string of the molecule is Cc1cccc(N)c1NC(=O)c1cccc(=O)[nH]1. The zero-order chi connectivity index (χ0) is 13.1. The summed E-state index contributed by atoms with van der Waals surface area (Å²) in [7, 11) is 0. The highest BCUT2D eigenvalue weighted by atomic mass is 16.2. The van der Waals surface area contributed by atoms with Gasteiger partial charge >= 0.3 is 0 Å². The lowest BCUT2D eigenvalue weighted by Crippen LogP contribution is -2.19. The summed E-state index contributed by atoms with van der Waals surface area (Å²) in [6.07, 6.45) is 0. The van der Waals surface area contributed by atoms with Gasteiger partial charge in [0, 0.05) is 6.07 Å². The Bertz CT molecular complexity index is 626. The van der Waals surface area contributed by atoms with Crippen LogP contribution >= 0.6 is 0 Å². The first-order chi connectivity index (χ1) is 8.58. The molecule has 0 aliphatic heterocycles. The van der Waals surface area contributed by atoms with Crippen molar-refractivity contribution in [3.8, 4) is 0 Å². The third-order valence-corrected chi connectivity index (χ3v) is 2.56. The Morgan fingerprint density at radius 3 is 2.61 bits per heavy atom. The third-order valence-electron chi connectivity index (χ3n) is 2.56. The van der Waals surface area contributed by atoms with Crippen LogP contribution in [-0.2, 0) is 0 Å². The number of hydrogen-bond donors (Lipinski definition) is 3.